The van der Waals surface area contributed by atoms with Gasteiger partial charge in [0.2, 0.25) is 10.0 Å². The highest BCUT2D eigenvalue weighted by atomic mass is 35.5. The Hall–Kier alpha value is -1.39. The molecule has 1 aliphatic heterocycles. The molecule has 0 aromatic heterocycles. The zero-order chi connectivity index (χ0) is 15.8. The molecule has 2 rings (SSSR count). The second-order valence-corrected chi connectivity index (χ2v) is 6.46. The maximum Gasteiger partial charge on any atom is 0.338 e. The number of benzene rings is 1. The van der Waals surface area contributed by atoms with E-state index in [0.29, 0.717) is 0 Å². The van der Waals surface area contributed by atoms with Crippen molar-refractivity contribution in [2.75, 3.05) is 6.61 Å². The summed E-state index contributed by atoms with van der Waals surface area (Å²) in [5, 5.41) is 8.25. The molecule has 1 atom stereocenters. The standard InChI is InChI=1S/C10H8Cl2N2O6S/c11-4-1-2-6(8(12)7(4)10(16)17)21(18,19)14-5-3-20-13-9(5)15/h1-2,5,14H,3H2,(H,13,15)(H,16,17)/t5-/m1/s1. The van der Waals surface area contributed by atoms with E-state index < -0.39 is 43.4 Å². The zero-order valence-electron chi connectivity index (χ0n) is 10.1. The van der Waals surface area contributed by atoms with Gasteiger partial charge in [0.15, 0.2) is 0 Å². The lowest BCUT2D eigenvalue weighted by Gasteiger charge is -2.12. The van der Waals surface area contributed by atoms with E-state index in [-0.39, 0.29) is 11.6 Å². The van der Waals surface area contributed by atoms with Gasteiger partial charge in [-0.05, 0) is 12.1 Å². The number of hydroxylamine groups is 1. The van der Waals surface area contributed by atoms with Gasteiger partial charge in [-0.25, -0.2) is 18.7 Å². The number of amides is 1. The molecule has 21 heavy (non-hydrogen) atoms. The first-order valence-corrected chi connectivity index (χ1v) is 7.63. The summed E-state index contributed by atoms with van der Waals surface area (Å²) in [6.45, 7) is -0.199. The van der Waals surface area contributed by atoms with Crippen LogP contribution in [0.3, 0.4) is 0 Å². The van der Waals surface area contributed by atoms with Gasteiger partial charge >= 0.3 is 5.97 Å². The van der Waals surface area contributed by atoms with Gasteiger partial charge in [0.1, 0.15) is 17.5 Å². The summed E-state index contributed by atoms with van der Waals surface area (Å²) in [4.78, 5) is 26.4. The SMILES string of the molecule is O=C(O)c1c(Cl)ccc(S(=O)(=O)N[C@@H]2CONC2=O)c1Cl. The first-order valence-electron chi connectivity index (χ1n) is 5.39. The van der Waals surface area contributed by atoms with E-state index in [2.05, 4.69) is 9.56 Å². The van der Waals surface area contributed by atoms with Gasteiger partial charge in [0.05, 0.1) is 15.6 Å². The molecule has 0 unspecified atom stereocenters. The van der Waals surface area contributed by atoms with Crippen LogP contribution in [0.15, 0.2) is 17.0 Å². The number of aromatic carboxylic acids is 1. The second-order valence-electron chi connectivity index (χ2n) is 3.99. The van der Waals surface area contributed by atoms with Crippen LogP contribution < -0.4 is 10.2 Å². The Balaban J connectivity index is 2.43. The van der Waals surface area contributed by atoms with Crippen LogP contribution in [0, 0.1) is 0 Å². The smallest absolute Gasteiger partial charge is 0.338 e. The minimum atomic E-state index is -4.22. The predicted molar refractivity (Wildman–Crippen MR) is 71.6 cm³/mol. The van der Waals surface area contributed by atoms with Crippen LogP contribution in [0.2, 0.25) is 10.0 Å². The molecule has 1 heterocycles. The normalized spacial score (nSPS) is 18.6. The Bertz CT molecular complexity index is 721. The summed E-state index contributed by atoms with van der Waals surface area (Å²) in [7, 11) is -4.22. The molecule has 1 fully saturated rings. The Kier molecular flexibility index (Phi) is 4.40. The summed E-state index contributed by atoms with van der Waals surface area (Å²) >= 11 is 11.5. The van der Waals surface area contributed by atoms with Crippen molar-refractivity contribution in [3.05, 3.63) is 27.7 Å². The highest BCUT2D eigenvalue weighted by Crippen LogP contribution is 2.31. The molecule has 114 valence electrons. The number of hydrogen-bond donors (Lipinski definition) is 3. The molecule has 0 spiro atoms. The largest absolute Gasteiger partial charge is 0.478 e. The Morgan fingerprint density at radius 3 is 2.62 bits per heavy atom. The number of sulfonamides is 1. The average molecular weight is 355 g/mol. The topological polar surface area (TPSA) is 122 Å². The van der Waals surface area contributed by atoms with Crippen LogP contribution in [-0.4, -0.2) is 38.0 Å². The molecule has 1 amide bonds. The predicted octanol–water partition coefficient (Wildman–Crippen LogP) is 0.400. The summed E-state index contributed by atoms with van der Waals surface area (Å²) in [6, 6.07) is 1.01. The molecule has 0 aliphatic carbocycles. The third kappa shape index (κ3) is 3.11. The fourth-order valence-electron chi connectivity index (χ4n) is 1.62. The highest BCUT2D eigenvalue weighted by molar-refractivity contribution is 7.89. The fourth-order valence-corrected chi connectivity index (χ4v) is 3.72. The molecule has 1 aromatic carbocycles. The van der Waals surface area contributed by atoms with Gasteiger partial charge in [0.25, 0.3) is 5.91 Å². The number of carbonyl (C=O) groups excluding carboxylic acids is 1. The van der Waals surface area contributed by atoms with E-state index in [1.54, 1.807) is 0 Å². The van der Waals surface area contributed by atoms with Crippen LogP contribution >= 0.6 is 23.2 Å². The van der Waals surface area contributed by atoms with Crippen LogP contribution in [0.4, 0.5) is 0 Å². The molecule has 1 aliphatic rings. The fraction of sp³-hybridized carbons (Fsp3) is 0.200. The molecule has 1 aromatic rings. The number of nitrogens with one attached hydrogen (secondary N) is 2. The zero-order valence-corrected chi connectivity index (χ0v) is 12.4. The van der Waals surface area contributed by atoms with Crippen molar-refractivity contribution in [1.29, 1.82) is 0 Å². The number of hydrogen-bond acceptors (Lipinski definition) is 5. The van der Waals surface area contributed by atoms with E-state index in [0.717, 1.165) is 12.1 Å². The van der Waals surface area contributed by atoms with Crippen LogP contribution in [0.25, 0.3) is 0 Å². The maximum absolute atomic E-state index is 12.2. The van der Waals surface area contributed by atoms with Gasteiger partial charge in [-0.15, -0.1) is 0 Å². The minimum Gasteiger partial charge on any atom is -0.478 e. The minimum absolute atomic E-state index is 0.199. The molecule has 11 heteroatoms. The molecular formula is C10H8Cl2N2O6S. The van der Waals surface area contributed by atoms with E-state index >= 15 is 0 Å². The third-order valence-corrected chi connectivity index (χ3v) is 4.93. The van der Waals surface area contributed by atoms with E-state index in [1.165, 1.54) is 0 Å². The van der Waals surface area contributed by atoms with E-state index in [4.69, 9.17) is 28.3 Å². The van der Waals surface area contributed by atoms with Crippen molar-refractivity contribution in [1.82, 2.24) is 10.2 Å². The van der Waals surface area contributed by atoms with Gasteiger partial charge in [0, 0.05) is 0 Å². The van der Waals surface area contributed by atoms with Crippen molar-refractivity contribution >= 4 is 45.1 Å². The van der Waals surface area contributed by atoms with Crippen molar-refractivity contribution in [2.45, 2.75) is 10.9 Å². The molecule has 0 bridgehead atoms. The van der Waals surface area contributed by atoms with Gasteiger partial charge in [-0.1, -0.05) is 23.2 Å². The summed E-state index contributed by atoms with van der Waals surface area (Å²) in [5.41, 5.74) is 1.45. The first kappa shape index (κ1) is 16.0. The van der Waals surface area contributed by atoms with Crippen molar-refractivity contribution < 1.29 is 28.0 Å². The third-order valence-electron chi connectivity index (χ3n) is 2.60. The molecular weight excluding hydrogens is 347 g/mol. The molecule has 3 N–H and O–H groups in total. The summed E-state index contributed by atoms with van der Waals surface area (Å²) < 4.78 is 26.4. The Morgan fingerprint density at radius 1 is 1.43 bits per heavy atom. The number of carbonyl (C=O) groups is 2. The summed E-state index contributed by atoms with van der Waals surface area (Å²) in [6.07, 6.45) is 0. The maximum atomic E-state index is 12.2. The van der Waals surface area contributed by atoms with Gasteiger partial charge in [-0.2, -0.15) is 4.72 Å². The number of carboxylic acid groups (broad SMARTS) is 1. The monoisotopic (exact) mass is 354 g/mol. The quantitative estimate of drug-likeness (QED) is 0.719. The van der Waals surface area contributed by atoms with E-state index in [9.17, 15) is 18.0 Å². The van der Waals surface area contributed by atoms with Gasteiger partial charge < -0.3 is 5.11 Å². The number of halogens is 2. The lowest BCUT2D eigenvalue weighted by Crippen LogP contribution is -2.41. The van der Waals surface area contributed by atoms with Crippen molar-refractivity contribution in [3.63, 3.8) is 0 Å². The van der Waals surface area contributed by atoms with Crippen molar-refractivity contribution in [2.24, 2.45) is 0 Å². The Morgan fingerprint density at radius 2 is 2.10 bits per heavy atom. The van der Waals surface area contributed by atoms with E-state index in [1.807, 2.05) is 5.48 Å². The lowest BCUT2D eigenvalue weighted by molar-refractivity contribution is -0.124. The van der Waals surface area contributed by atoms with Crippen molar-refractivity contribution in [3.8, 4) is 0 Å². The lowest BCUT2D eigenvalue weighted by atomic mass is 10.2. The van der Waals surface area contributed by atoms with Crippen LogP contribution in [0.1, 0.15) is 10.4 Å². The van der Waals surface area contributed by atoms with Crippen LogP contribution in [-0.2, 0) is 19.7 Å². The summed E-state index contributed by atoms with van der Waals surface area (Å²) in [5.74, 6) is -2.13. The molecule has 8 nitrogen and oxygen atoms in total. The number of carboxylic acids is 1. The van der Waals surface area contributed by atoms with Gasteiger partial charge in [-0.3, -0.25) is 9.63 Å². The number of rotatable bonds is 4. The first-order chi connectivity index (χ1) is 9.74. The molecule has 1 saturated heterocycles. The molecule has 0 saturated carbocycles. The molecule has 0 radical (unpaired) electrons. The Labute approximate surface area is 129 Å². The second kappa shape index (κ2) is 5.78. The average Bonchev–Trinajstić information content (AvgIpc) is 2.73. The van der Waals surface area contributed by atoms with Crippen LogP contribution in [0.5, 0.6) is 0 Å². The highest BCUT2D eigenvalue weighted by Gasteiger charge is 2.32.